The molecule has 2 aromatic rings. The molecule has 9 heteroatoms. The van der Waals surface area contributed by atoms with Crippen molar-refractivity contribution in [3.63, 3.8) is 0 Å². The lowest BCUT2D eigenvalue weighted by Gasteiger charge is -2.14. The summed E-state index contributed by atoms with van der Waals surface area (Å²) in [6.45, 7) is 3.02. The summed E-state index contributed by atoms with van der Waals surface area (Å²) in [4.78, 5) is 24.6. The predicted molar refractivity (Wildman–Crippen MR) is 108 cm³/mol. The molecule has 0 aromatic heterocycles. The fraction of sp³-hybridized carbons (Fsp3) is 0.263. The first kappa shape index (κ1) is 21.7. The van der Waals surface area contributed by atoms with E-state index in [1.807, 2.05) is 0 Å². The van der Waals surface area contributed by atoms with Gasteiger partial charge >= 0.3 is 0 Å². The standard InChI is InChI=1S/C19H19Cl2N3O4/c1-10-12(20)6-5-7-14(10)23-24-18(11(2)25)19(26)22-15-8-13(21)16(27-3)9-17(15)28-4/h5-9,18H,1-4H3,(H,22,26). The monoisotopic (exact) mass is 423 g/mol. The third-order valence-corrected chi connectivity index (χ3v) is 4.59. The molecule has 0 aliphatic heterocycles. The van der Waals surface area contributed by atoms with Gasteiger partial charge in [-0.15, -0.1) is 0 Å². The molecule has 0 aliphatic carbocycles. The number of amides is 1. The third kappa shape index (κ3) is 4.99. The largest absolute Gasteiger partial charge is 0.495 e. The molecule has 0 fully saturated rings. The van der Waals surface area contributed by atoms with Gasteiger partial charge in [0.1, 0.15) is 11.5 Å². The van der Waals surface area contributed by atoms with E-state index in [1.54, 1.807) is 25.1 Å². The zero-order chi connectivity index (χ0) is 20.8. The summed E-state index contributed by atoms with van der Waals surface area (Å²) in [5, 5.41) is 11.3. The molecule has 0 bridgehead atoms. The van der Waals surface area contributed by atoms with E-state index in [2.05, 4.69) is 15.5 Å². The number of anilines is 1. The molecular formula is C19H19Cl2N3O4. The van der Waals surface area contributed by atoms with Gasteiger partial charge in [-0.25, -0.2) is 0 Å². The van der Waals surface area contributed by atoms with Crippen LogP contribution in [0.3, 0.4) is 0 Å². The lowest BCUT2D eigenvalue weighted by Crippen LogP contribution is -2.32. The fourth-order valence-electron chi connectivity index (χ4n) is 2.30. The second-order valence-electron chi connectivity index (χ2n) is 5.79. The molecule has 2 rings (SSSR count). The molecule has 0 heterocycles. The predicted octanol–water partition coefficient (Wildman–Crippen LogP) is 5.00. The van der Waals surface area contributed by atoms with Crippen molar-refractivity contribution in [3.05, 3.63) is 45.9 Å². The van der Waals surface area contributed by atoms with E-state index >= 15 is 0 Å². The number of nitrogens with zero attached hydrogens (tertiary/aromatic N) is 2. The first-order valence-electron chi connectivity index (χ1n) is 8.17. The van der Waals surface area contributed by atoms with Crippen LogP contribution in [0.5, 0.6) is 11.5 Å². The Morgan fingerprint density at radius 2 is 1.75 bits per heavy atom. The van der Waals surface area contributed by atoms with Gasteiger partial charge in [0, 0.05) is 11.1 Å². The molecule has 148 valence electrons. The SMILES string of the molecule is COc1cc(OC)c(NC(=O)C(N=Nc2cccc(Cl)c2C)C(C)=O)cc1Cl. The molecular weight excluding hydrogens is 405 g/mol. The van der Waals surface area contributed by atoms with Gasteiger partial charge in [0.05, 0.1) is 30.6 Å². The van der Waals surface area contributed by atoms with Crippen molar-refractivity contribution in [2.45, 2.75) is 19.9 Å². The van der Waals surface area contributed by atoms with Crippen molar-refractivity contribution in [2.75, 3.05) is 19.5 Å². The molecule has 1 amide bonds. The number of hydrogen-bond donors (Lipinski definition) is 1. The van der Waals surface area contributed by atoms with Crippen LogP contribution in [-0.4, -0.2) is 32.0 Å². The van der Waals surface area contributed by atoms with Crippen LogP contribution in [0.25, 0.3) is 0 Å². The molecule has 1 N–H and O–H groups in total. The van der Waals surface area contributed by atoms with Crippen molar-refractivity contribution >= 4 is 46.3 Å². The Labute approximate surface area is 172 Å². The van der Waals surface area contributed by atoms with Crippen molar-refractivity contribution in [3.8, 4) is 11.5 Å². The summed E-state index contributed by atoms with van der Waals surface area (Å²) < 4.78 is 10.4. The van der Waals surface area contributed by atoms with Gasteiger partial charge in [-0.3, -0.25) is 9.59 Å². The fourth-order valence-corrected chi connectivity index (χ4v) is 2.71. The average molecular weight is 424 g/mol. The van der Waals surface area contributed by atoms with Crippen LogP contribution >= 0.6 is 23.2 Å². The van der Waals surface area contributed by atoms with Crippen LogP contribution in [0.4, 0.5) is 11.4 Å². The second kappa shape index (κ2) is 9.52. The number of rotatable bonds is 7. The molecule has 0 aliphatic rings. The molecule has 0 saturated carbocycles. The summed E-state index contributed by atoms with van der Waals surface area (Å²) in [6, 6.07) is 6.75. The highest BCUT2D eigenvalue weighted by Gasteiger charge is 2.25. The quantitative estimate of drug-likeness (QED) is 0.501. The number of Topliss-reactive ketones (excluding diaryl/α,β-unsaturated/α-hetero) is 1. The lowest BCUT2D eigenvalue weighted by atomic mass is 10.2. The molecule has 1 unspecified atom stereocenters. The van der Waals surface area contributed by atoms with Crippen LogP contribution in [-0.2, 0) is 9.59 Å². The van der Waals surface area contributed by atoms with Gasteiger partial charge < -0.3 is 14.8 Å². The average Bonchev–Trinajstić information content (AvgIpc) is 2.65. The smallest absolute Gasteiger partial charge is 0.258 e. The van der Waals surface area contributed by atoms with Crippen molar-refractivity contribution < 1.29 is 19.1 Å². The number of carbonyl (C=O) groups excluding carboxylic acids is 2. The van der Waals surface area contributed by atoms with Crippen LogP contribution in [0.1, 0.15) is 12.5 Å². The number of azo groups is 1. The maximum atomic E-state index is 12.6. The normalized spacial score (nSPS) is 11.9. The van der Waals surface area contributed by atoms with Crippen molar-refractivity contribution in [1.29, 1.82) is 0 Å². The number of nitrogens with one attached hydrogen (secondary N) is 1. The van der Waals surface area contributed by atoms with E-state index in [-0.39, 0.29) is 10.7 Å². The molecule has 28 heavy (non-hydrogen) atoms. The maximum absolute atomic E-state index is 12.6. The van der Waals surface area contributed by atoms with Gasteiger partial charge in [-0.05, 0) is 37.6 Å². The van der Waals surface area contributed by atoms with Crippen LogP contribution < -0.4 is 14.8 Å². The highest BCUT2D eigenvalue weighted by atomic mass is 35.5. The Morgan fingerprint density at radius 1 is 1.07 bits per heavy atom. The number of hydrogen-bond acceptors (Lipinski definition) is 6. The number of methoxy groups -OCH3 is 2. The Bertz CT molecular complexity index is 932. The maximum Gasteiger partial charge on any atom is 0.258 e. The van der Waals surface area contributed by atoms with E-state index in [0.717, 1.165) is 0 Å². The molecule has 0 radical (unpaired) electrons. The van der Waals surface area contributed by atoms with Gasteiger partial charge in [-0.1, -0.05) is 29.3 Å². The van der Waals surface area contributed by atoms with Gasteiger partial charge in [0.15, 0.2) is 5.78 Å². The van der Waals surface area contributed by atoms with E-state index in [0.29, 0.717) is 27.8 Å². The Morgan fingerprint density at radius 3 is 2.36 bits per heavy atom. The van der Waals surface area contributed by atoms with Crippen LogP contribution in [0, 0.1) is 6.92 Å². The van der Waals surface area contributed by atoms with Gasteiger partial charge in [-0.2, -0.15) is 10.2 Å². The van der Waals surface area contributed by atoms with Gasteiger partial charge in [0.2, 0.25) is 6.04 Å². The minimum Gasteiger partial charge on any atom is -0.495 e. The summed E-state index contributed by atoms with van der Waals surface area (Å²) in [7, 11) is 2.89. The Hall–Kier alpha value is -2.64. The van der Waals surface area contributed by atoms with Crippen LogP contribution in [0.2, 0.25) is 10.0 Å². The minimum absolute atomic E-state index is 0.272. The van der Waals surface area contributed by atoms with E-state index < -0.39 is 17.7 Å². The van der Waals surface area contributed by atoms with Crippen molar-refractivity contribution in [1.82, 2.24) is 0 Å². The summed E-state index contributed by atoms with van der Waals surface area (Å²) >= 11 is 12.2. The summed E-state index contributed by atoms with van der Waals surface area (Å²) in [6.07, 6.45) is 0. The molecule has 7 nitrogen and oxygen atoms in total. The number of carbonyl (C=O) groups is 2. The number of halogens is 2. The minimum atomic E-state index is -1.34. The zero-order valence-electron chi connectivity index (χ0n) is 15.7. The molecule has 0 spiro atoms. The van der Waals surface area contributed by atoms with Crippen LogP contribution in [0.15, 0.2) is 40.6 Å². The van der Waals surface area contributed by atoms with Crippen molar-refractivity contribution in [2.24, 2.45) is 10.2 Å². The van der Waals surface area contributed by atoms with E-state index in [4.69, 9.17) is 32.7 Å². The Kier molecular flexibility index (Phi) is 7.37. The third-order valence-electron chi connectivity index (χ3n) is 3.89. The topological polar surface area (TPSA) is 89.3 Å². The second-order valence-corrected chi connectivity index (χ2v) is 6.60. The Balaban J connectivity index is 2.29. The van der Waals surface area contributed by atoms with E-state index in [1.165, 1.54) is 33.3 Å². The molecule has 0 saturated heterocycles. The van der Waals surface area contributed by atoms with Gasteiger partial charge in [0.25, 0.3) is 5.91 Å². The highest BCUT2D eigenvalue weighted by molar-refractivity contribution is 6.32. The summed E-state index contributed by atoms with van der Waals surface area (Å²) in [5.74, 6) is -0.440. The number of ether oxygens (including phenoxy) is 2. The first-order valence-corrected chi connectivity index (χ1v) is 8.92. The van der Waals surface area contributed by atoms with E-state index in [9.17, 15) is 9.59 Å². The zero-order valence-corrected chi connectivity index (χ0v) is 17.3. The number of benzene rings is 2. The lowest BCUT2D eigenvalue weighted by molar-refractivity contribution is -0.126. The summed E-state index contributed by atoms with van der Waals surface area (Å²) in [5.41, 5.74) is 1.44. The highest BCUT2D eigenvalue weighted by Crippen LogP contribution is 2.36. The number of ketones is 1. The molecule has 2 aromatic carbocycles. The molecule has 1 atom stereocenters. The first-order chi connectivity index (χ1) is 13.3.